The Hall–Kier alpha value is -2.55. The van der Waals surface area contributed by atoms with Gasteiger partial charge in [0.05, 0.1) is 18.6 Å². The molecule has 0 bridgehead atoms. The van der Waals surface area contributed by atoms with Crippen molar-refractivity contribution < 1.29 is 23.1 Å². The molecule has 0 radical (unpaired) electrons. The molecule has 1 aliphatic heterocycles. The minimum absolute atomic E-state index is 0.00168. The number of methoxy groups -OCH3 is 1. The number of phenols is 1. The second-order valence-corrected chi connectivity index (χ2v) is 8.41. The Balaban J connectivity index is 2.01. The number of sulfonamides is 1. The molecule has 0 unspecified atom stereocenters. The van der Waals surface area contributed by atoms with E-state index in [1.165, 1.54) is 49.6 Å². The Morgan fingerprint density at radius 2 is 1.93 bits per heavy atom. The monoisotopic (exact) mass is 422 g/mol. The number of rotatable bonds is 4. The Kier molecular flexibility index (Phi) is 5.93. The van der Waals surface area contributed by atoms with Gasteiger partial charge in [0.15, 0.2) is 0 Å². The zero-order valence-corrected chi connectivity index (χ0v) is 16.6. The number of carbonyl (C=O) groups excluding carboxylic acids is 1. The summed E-state index contributed by atoms with van der Waals surface area (Å²) in [6.07, 6.45) is 1.52. The van der Waals surface area contributed by atoms with Crippen LogP contribution in [0.25, 0.3) is 6.08 Å². The highest BCUT2D eigenvalue weighted by Crippen LogP contribution is 2.27. The lowest BCUT2D eigenvalue weighted by molar-refractivity contribution is -0.122. The summed E-state index contributed by atoms with van der Waals surface area (Å²) in [6.45, 7) is 0.496. The van der Waals surface area contributed by atoms with Gasteiger partial charge >= 0.3 is 0 Å². The summed E-state index contributed by atoms with van der Waals surface area (Å²) in [7, 11) is -2.57. The summed E-state index contributed by atoms with van der Waals surface area (Å²) >= 11 is 5.83. The van der Waals surface area contributed by atoms with Crippen LogP contribution in [0.2, 0.25) is 5.02 Å². The fourth-order valence-electron chi connectivity index (χ4n) is 2.84. The van der Waals surface area contributed by atoms with Crippen LogP contribution in [-0.4, -0.2) is 50.5 Å². The van der Waals surface area contributed by atoms with E-state index in [1.807, 2.05) is 0 Å². The van der Waals surface area contributed by atoms with Crippen molar-refractivity contribution in [3.05, 3.63) is 58.6 Å². The van der Waals surface area contributed by atoms with Crippen molar-refractivity contribution in [3.63, 3.8) is 0 Å². The number of hydrogen-bond acceptors (Lipinski definition) is 6. The molecule has 0 spiro atoms. The van der Waals surface area contributed by atoms with E-state index in [2.05, 4.69) is 5.32 Å². The molecule has 0 atom stereocenters. The molecule has 7 nitrogen and oxygen atoms in total. The molecule has 0 aliphatic carbocycles. The number of hydrogen-bond donors (Lipinski definition) is 2. The Labute approximate surface area is 168 Å². The first-order chi connectivity index (χ1) is 13.3. The van der Waals surface area contributed by atoms with E-state index in [0.717, 1.165) is 4.31 Å². The van der Waals surface area contributed by atoms with Gasteiger partial charge in [-0.2, -0.15) is 0 Å². The van der Waals surface area contributed by atoms with E-state index >= 15 is 0 Å². The van der Waals surface area contributed by atoms with E-state index in [1.54, 1.807) is 6.07 Å². The van der Waals surface area contributed by atoms with E-state index in [9.17, 15) is 18.3 Å². The number of ether oxygens (including phenoxy) is 1. The largest absolute Gasteiger partial charge is 0.508 e. The van der Waals surface area contributed by atoms with E-state index in [0.29, 0.717) is 22.9 Å². The number of nitrogens with zero attached hydrogens (tertiary/aromatic N) is 1. The average molecular weight is 423 g/mol. The molecule has 9 heteroatoms. The maximum Gasteiger partial charge on any atom is 0.266 e. The van der Waals surface area contributed by atoms with Crippen LogP contribution in [0.3, 0.4) is 0 Å². The van der Waals surface area contributed by atoms with Gasteiger partial charge < -0.3 is 15.2 Å². The molecular formula is C19H19ClN2O5S. The number of carbonyl (C=O) groups is 1. The third kappa shape index (κ3) is 4.14. The van der Waals surface area contributed by atoms with Crippen molar-refractivity contribution in [2.24, 2.45) is 0 Å². The average Bonchev–Trinajstić information content (AvgIpc) is 2.84. The lowest BCUT2D eigenvalue weighted by Gasteiger charge is -2.21. The highest BCUT2D eigenvalue weighted by Gasteiger charge is 2.32. The minimum atomic E-state index is -4.04. The smallest absolute Gasteiger partial charge is 0.266 e. The van der Waals surface area contributed by atoms with Crippen molar-refractivity contribution in [1.82, 2.24) is 9.62 Å². The van der Waals surface area contributed by atoms with Crippen LogP contribution in [-0.2, 0) is 14.8 Å². The molecule has 1 fully saturated rings. The SMILES string of the molecule is COc1ccc(O)cc1/C=C1\CNCCN(S(=O)(=O)c2ccc(Cl)cc2)C1=O. The van der Waals surface area contributed by atoms with Gasteiger partial charge in [-0.1, -0.05) is 11.6 Å². The van der Waals surface area contributed by atoms with Crippen molar-refractivity contribution in [2.45, 2.75) is 4.90 Å². The summed E-state index contributed by atoms with van der Waals surface area (Å²) < 4.78 is 32.1. The van der Waals surface area contributed by atoms with E-state index in [4.69, 9.17) is 16.3 Å². The molecule has 1 amide bonds. The first-order valence-corrected chi connectivity index (χ1v) is 10.3. The summed E-state index contributed by atoms with van der Waals surface area (Å²) in [5.74, 6) is -0.174. The predicted molar refractivity (Wildman–Crippen MR) is 106 cm³/mol. The zero-order chi connectivity index (χ0) is 20.3. The number of nitrogens with one attached hydrogen (secondary N) is 1. The summed E-state index contributed by atoms with van der Waals surface area (Å²) in [4.78, 5) is 13.0. The molecule has 0 saturated carbocycles. The normalized spacial score (nSPS) is 16.9. The Bertz CT molecular complexity index is 1020. The molecule has 2 aromatic rings. The van der Waals surface area contributed by atoms with Crippen LogP contribution in [0.4, 0.5) is 0 Å². The number of benzene rings is 2. The quantitative estimate of drug-likeness (QED) is 0.734. The Morgan fingerprint density at radius 3 is 2.61 bits per heavy atom. The topological polar surface area (TPSA) is 95.9 Å². The van der Waals surface area contributed by atoms with Crippen LogP contribution >= 0.6 is 11.6 Å². The molecule has 148 valence electrons. The molecule has 1 saturated heterocycles. The summed E-state index contributed by atoms with van der Waals surface area (Å²) in [5.41, 5.74) is 0.706. The van der Waals surface area contributed by atoms with Gasteiger partial charge in [-0.05, 0) is 48.5 Å². The van der Waals surface area contributed by atoms with Crippen molar-refractivity contribution in [3.8, 4) is 11.5 Å². The van der Waals surface area contributed by atoms with Crippen LogP contribution in [0.15, 0.2) is 52.9 Å². The third-order valence-electron chi connectivity index (χ3n) is 4.25. The Morgan fingerprint density at radius 1 is 1.21 bits per heavy atom. The molecule has 0 aromatic heterocycles. The van der Waals surface area contributed by atoms with E-state index < -0.39 is 15.9 Å². The molecule has 28 heavy (non-hydrogen) atoms. The maximum atomic E-state index is 13.0. The van der Waals surface area contributed by atoms with Gasteiger partial charge in [0.25, 0.3) is 15.9 Å². The van der Waals surface area contributed by atoms with Gasteiger partial charge in [0.1, 0.15) is 11.5 Å². The van der Waals surface area contributed by atoms with Crippen molar-refractivity contribution in [2.75, 3.05) is 26.7 Å². The van der Waals surface area contributed by atoms with Gasteiger partial charge in [-0.25, -0.2) is 12.7 Å². The van der Waals surface area contributed by atoms with Gasteiger partial charge in [-0.15, -0.1) is 0 Å². The molecule has 1 aliphatic rings. The summed E-state index contributed by atoms with van der Waals surface area (Å²) in [5, 5.41) is 13.2. The van der Waals surface area contributed by atoms with Crippen molar-refractivity contribution >= 4 is 33.6 Å². The fourth-order valence-corrected chi connectivity index (χ4v) is 4.37. The lowest BCUT2D eigenvalue weighted by atomic mass is 10.1. The zero-order valence-electron chi connectivity index (χ0n) is 15.1. The standard InChI is InChI=1S/C19H19ClN2O5S/c1-27-18-7-4-16(23)11-13(18)10-14-12-21-8-9-22(19(14)24)28(25,26)17-5-2-15(20)3-6-17/h2-7,10-11,21,23H,8-9,12H2,1H3/b14-10+. The van der Waals surface area contributed by atoms with Crippen LogP contribution in [0, 0.1) is 0 Å². The van der Waals surface area contributed by atoms with Gasteiger partial charge in [0, 0.05) is 29.2 Å². The fraction of sp³-hybridized carbons (Fsp3) is 0.211. The second-order valence-electron chi connectivity index (χ2n) is 6.11. The predicted octanol–water partition coefficient (Wildman–Crippen LogP) is 2.26. The maximum absolute atomic E-state index is 13.0. The molecule has 2 N–H and O–H groups in total. The highest BCUT2D eigenvalue weighted by atomic mass is 35.5. The molecular weight excluding hydrogens is 404 g/mol. The van der Waals surface area contributed by atoms with Crippen molar-refractivity contribution in [1.29, 1.82) is 0 Å². The highest BCUT2D eigenvalue weighted by molar-refractivity contribution is 7.89. The number of halogens is 1. The molecule has 3 rings (SSSR count). The lowest BCUT2D eigenvalue weighted by Crippen LogP contribution is -2.38. The van der Waals surface area contributed by atoms with Crippen LogP contribution in [0.1, 0.15) is 5.56 Å². The third-order valence-corrected chi connectivity index (χ3v) is 6.30. The molecule has 2 aromatic carbocycles. The number of amides is 1. The van der Waals surface area contributed by atoms with E-state index in [-0.39, 0.29) is 29.3 Å². The number of phenolic OH excluding ortho intramolecular Hbond substituents is 1. The van der Waals surface area contributed by atoms with Gasteiger partial charge in [-0.3, -0.25) is 4.79 Å². The first-order valence-electron chi connectivity index (χ1n) is 8.44. The van der Waals surface area contributed by atoms with Gasteiger partial charge in [0.2, 0.25) is 0 Å². The van der Waals surface area contributed by atoms with Crippen LogP contribution in [0.5, 0.6) is 11.5 Å². The minimum Gasteiger partial charge on any atom is -0.508 e. The van der Waals surface area contributed by atoms with Crippen LogP contribution < -0.4 is 10.1 Å². The first kappa shape index (κ1) is 20.2. The second kappa shape index (κ2) is 8.22. The summed E-state index contributed by atoms with van der Waals surface area (Å²) in [6, 6.07) is 10.1. The number of aromatic hydroxyl groups is 1. The molecule has 1 heterocycles.